The summed E-state index contributed by atoms with van der Waals surface area (Å²) in [5.74, 6) is 1.63. The number of aliphatic imine (C=N–C) groups is 2. The van der Waals surface area contributed by atoms with Gasteiger partial charge in [0.05, 0.1) is 7.11 Å². The molecule has 0 fully saturated rings. The van der Waals surface area contributed by atoms with E-state index in [2.05, 4.69) is 27.2 Å². The van der Waals surface area contributed by atoms with Gasteiger partial charge in [0.1, 0.15) is 23.9 Å². The molecule has 0 radical (unpaired) electrons. The highest BCUT2D eigenvalue weighted by atomic mass is 16.5. The molecule has 1 aliphatic heterocycles. The number of methoxy groups -OCH3 is 1. The minimum absolute atomic E-state index is 0.0784. The SMILES string of the molecule is CCCC(CN(C(C)=O)C1C=NC(c2cncnc2)N=C1Oc1ccc(OC)cc1)NC. The molecule has 1 aromatic heterocycles. The lowest BCUT2D eigenvalue weighted by atomic mass is 10.1. The molecule has 3 rings (SSSR count). The van der Waals surface area contributed by atoms with Crippen molar-refractivity contribution in [2.75, 3.05) is 20.7 Å². The highest BCUT2D eigenvalue weighted by molar-refractivity contribution is 6.02. The Morgan fingerprint density at radius 3 is 2.47 bits per heavy atom. The van der Waals surface area contributed by atoms with Crippen LogP contribution < -0.4 is 14.8 Å². The summed E-state index contributed by atoms with van der Waals surface area (Å²) < 4.78 is 11.4. The van der Waals surface area contributed by atoms with Crippen molar-refractivity contribution in [3.8, 4) is 11.5 Å². The lowest BCUT2D eigenvalue weighted by Gasteiger charge is -2.34. The molecule has 0 bridgehead atoms. The Morgan fingerprint density at radius 2 is 1.88 bits per heavy atom. The number of likely N-dealkylation sites (N-methyl/N-ethyl adjacent to an activating group) is 1. The number of carbonyl (C=O) groups is 1. The van der Waals surface area contributed by atoms with E-state index in [4.69, 9.17) is 14.5 Å². The fourth-order valence-electron chi connectivity index (χ4n) is 3.48. The summed E-state index contributed by atoms with van der Waals surface area (Å²) in [6.07, 6.45) is 7.94. The average molecular weight is 439 g/mol. The molecule has 32 heavy (non-hydrogen) atoms. The fourth-order valence-corrected chi connectivity index (χ4v) is 3.48. The molecule has 0 saturated carbocycles. The highest BCUT2D eigenvalue weighted by Crippen LogP contribution is 2.25. The van der Waals surface area contributed by atoms with Gasteiger partial charge in [0.2, 0.25) is 11.8 Å². The van der Waals surface area contributed by atoms with E-state index in [1.165, 1.54) is 6.33 Å². The third-order valence-corrected chi connectivity index (χ3v) is 5.23. The number of hydrogen-bond donors (Lipinski definition) is 1. The van der Waals surface area contributed by atoms with Crippen LogP contribution in [0.3, 0.4) is 0 Å². The molecular formula is C23H30N6O3. The summed E-state index contributed by atoms with van der Waals surface area (Å²) in [7, 11) is 3.52. The molecule has 0 saturated heterocycles. The molecular weight excluding hydrogens is 408 g/mol. The van der Waals surface area contributed by atoms with Crippen molar-refractivity contribution in [2.45, 2.75) is 44.9 Å². The van der Waals surface area contributed by atoms with E-state index in [0.717, 1.165) is 24.2 Å². The summed E-state index contributed by atoms with van der Waals surface area (Å²) in [4.78, 5) is 31.8. The quantitative estimate of drug-likeness (QED) is 0.646. The number of ether oxygens (including phenoxy) is 2. The molecule has 0 aliphatic carbocycles. The second kappa shape index (κ2) is 11.3. The molecule has 1 N–H and O–H groups in total. The van der Waals surface area contributed by atoms with Gasteiger partial charge in [0.15, 0.2) is 6.17 Å². The Balaban J connectivity index is 1.92. The predicted molar refractivity (Wildman–Crippen MR) is 123 cm³/mol. The topological polar surface area (TPSA) is 101 Å². The van der Waals surface area contributed by atoms with Crippen LogP contribution in [0.5, 0.6) is 11.5 Å². The van der Waals surface area contributed by atoms with Crippen LogP contribution in [0.1, 0.15) is 38.4 Å². The third kappa shape index (κ3) is 5.88. The second-order valence-electron chi connectivity index (χ2n) is 7.48. The van der Waals surface area contributed by atoms with Gasteiger partial charge in [-0.15, -0.1) is 0 Å². The fraction of sp³-hybridized carbons (Fsp3) is 0.435. The molecule has 3 unspecified atom stereocenters. The number of aromatic nitrogens is 2. The number of nitrogens with zero attached hydrogens (tertiary/aromatic N) is 5. The Hall–Kier alpha value is -3.33. The van der Waals surface area contributed by atoms with Crippen molar-refractivity contribution in [3.05, 3.63) is 48.5 Å². The molecule has 170 valence electrons. The van der Waals surface area contributed by atoms with E-state index in [-0.39, 0.29) is 11.9 Å². The summed E-state index contributed by atoms with van der Waals surface area (Å²) >= 11 is 0. The lowest BCUT2D eigenvalue weighted by Crippen LogP contribution is -2.52. The number of rotatable bonds is 9. The van der Waals surface area contributed by atoms with Crippen molar-refractivity contribution in [1.29, 1.82) is 0 Å². The first kappa shape index (κ1) is 23.3. The van der Waals surface area contributed by atoms with Crippen molar-refractivity contribution in [3.63, 3.8) is 0 Å². The van der Waals surface area contributed by atoms with Crippen LogP contribution >= 0.6 is 0 Å². The van der Waals surface area contributed by atoms with Gasteiger partial charge in [-0.3, -0.25) is 9.79 Å². The standard InChI is InChI=1S/C23H30N6O3/c1-5-6-18(24-3)14-29(16(2)30)21-13-27-22(17-11-25-15-26-12-17)28-23(21)32-20-9-7-19(31-4)8-10-20/h7-13,15,18,21-22,24H,5-6,14H2,1-4H3. The number of benzene rings is 1. The van der Waals surface area contributed by atoms with Gasteiger partial charge in [-0.25, -0.2) is 15.0 Å². The molecule has 1 amide bonds. The summed E-state index contributed by atoms with van der Waals surface area (Å²) in [6, 6.07) is 6.85. The summed E-state index contributed by atoms with van der Waals surface area (Å²) in [5.41, 5.74) is 0.742. The maximum absolute atomic E-state index is 12.6. The van der Waals surface area contributed by atoms with Gasteiger partial charge in [-0.2, -0.15) is 0 Å². The lowest BCUT2D eigenvalue weighted by molar-refractivity contribution is -0.129. The van der Waals surface area contributed by atoms with Gasteiger partial charge in [-0.1, -0.05) is 13.3 Å². The largest absolute Gasteiger partial charge is 0.497 e. The normalized spacial score (nSPS) is 18.6. The molecule has 9 nitrogen and oxygen atoms in total. The summed E-state index contributed by atoms with van der Waals surface area (Å²) in [5, 5.41) is 3.29. The van der Waals surface area contributed by atoms with Gasteiger partial charge >= 0.3 is 0 Å². The van der Waals surface area contributed by atoms with Gasteiger partial charge in [0.25, 0.3) is 0 Å². The molecule has 1 aliphatic rings. The number of hydrogen-bond acceptors (Lipinski definition) is 8. The number of nitrogens with one attached hydrogen (secondary N) is 1. The van der Waals surface area contributed by atoms with Gasteiger partial charge in [0, 0.05) is 43.7 Å². The Kier molecular flexibility index (Phi) is 8.27. The zero-order valence-corrected chi connectivity index (χ0v) is 18.9. The maximum Gasteiger partial charge on any atom is 0.221 e. The molecule has 2 heterocycles. The summed E-state index contributed by atoms with van der Waals surface area (Å²) in [6.45, 7) is 4.19. The first-order valence-corrected chi connectivity index (χ1v) is 10.7. The molecule has 3 atom stereocenters. The van der Waals surface area contributed by atoms with E-state index < -0.39 is 12.2 Å². The van der Waals surface area contributed by atoms with E-state index in [1.54, 1.807) is 49.7 Å². The van der Waals surface area contributed by atoms with Crippen LogP contribution in [0, 0.1) is 0 Å². The zero-order valence-electron chi connectivity index (χ0n) is 18.9. The van der Waals surface area contributed by atoms with Gasteiger partial charge in [-0.05, 0) is 37.7 Å². The Bertz CT molecular complexity index is 933. The van der Waals surface area contributed by atoms with E-state index in [9.17, 15) is 4.79 Å². The number of amides is 1. The van der Waals surface area contributed by atoms with E-state index >= 15 is 0 Å². The molecule has 0 spiro atoms. The van der Waals surface area contributed by atoms with Crippen LogP contribution in [-0.4, -0.2) is 65.7 Å². The van der Waals surface area contributed by atoms with Gasteiger partial charge < -0.3 is 19.7 Å². The third-order valence-electron chi connectivity index (χ3n) is 5.23. The molecule has 9 heteroatoms. The first-order valence-electron chi connectivity index (χ1n) is 10.7. The first-order chi connectivity index (χ1) is 15.5. The molecule has 2 aromatic rings. The van der Waals surface area contributed by atoms with Crippen molar-refractivity contribution in [2.24, 2.45) is 9.98 Å². The van der Waals surface area contributed by atoms with Crippen LogP contribution in [-0.2, 0) is 4.79 Å². The highest BCUT2D eigenvalue weighted by Gasteiger charge is 2.32. The molecule has 1 aromatic carbocycles. The number of carbonyl (C=O) groups excluding carboxylic acids is 1. The monoisotopic (exact) mass is 438 g/mol. The Labute approximate surface area is 188 Å². The van der Waals surface area contributed by atoms with Crippen LogP contribution in [0.25, 0.3) is 0 Å². The van der Waals surface area contributed by atoms with Crippen molar-refractivity contribution in [1.82, 2.24) is 20.2 Å². The van der Waals surface area contributed by atoms with Crippen LogP contribution in [0.15, 0.2) is 53.0 Å². The zero-order chi connectivity index (χ0) is 22.9. The van der Waals surface area contributed by atoms with E-state index in [1.807, 2.05) is 19.2 Å². The second-order valence-corrected chi connectivity index (χ2v) is 7.48. The Morgan fingerprint density at radius 1 is 1.19 bits per heavy atom. The average Bonchev–Trinajstić information content (AvgIpc) is 2.83. The van der Waals surface area contributed by atoms with Crippen molar-refractivity contribution >= 4 is 18.0 Å². The minimum atomic E-state index is -0.537. The van der Waals surface area contributed by atoms with E-state index in [0.29, 0.717) is 18.2 Å². The predicted octanol–water partition coefficient (Wildman–Crippen LogP) is 2.65. The smallest absolute Gasteiger partial charge is 0.221 e. The van der Waals surface area contributed by atoms with Crippen LogP contribution in [0.2, 0.25) is 0 Å². The minimum Gasteiger partial charge on any atom is -0.497 e. The van der Waals surface area contributed by atoms with Crippen LogP contribution in [0.4, 0.5) is 0 Å². The van der Waals surface area contributed by atoms with Crippen molar-refractivity contribution < 1.29 is 14.3 Å². The maximum atomic E-state index is 12.6.